The summed E-state index contributed by atoms with van der Waals surface area (Å²) in [4.78, 5) is 17.7. The highest BCUT2D eigenvalue weighted by atomic mass is 32.2. The number of aryl methyl sites for hydroxylation is 1. The normalized spacial score (nSPS) is 17.6. The molecule has 1 aliphatic heterocycles. The second kappa shape index (κ2) is 13.9. The number of nitrogens with one attached hydrogen (secondary N) is 1. The Labute approximate surface area is 266 Å². The lowest BCUT2D eigenvalue weighted by Gasteiger charge is -2.38. The SMILES string of the molecule is Cc1ccc(S(=O)(=O)Nc2cccc3c2O[C@@H](CN(C)Cc2ccc(-c4ccccc4)cc2)[C@H](C)CN([C@@H](C)CO)C3=O)cc1. The lowest BCUT2D eigenvalue weighted by molar-refractivity contribution is 0.0344. The van der Waals surface area contributed by atoms with Crippen LogP contribution in [0.4, 0.5) is 5.69 Å². The molecule has 1 amide bonds. The largest absolute Gasteiger partial charge is 0.486 e. The topological polar surface area (TPSA) is 99.2 Å². The van der Waals surface area contributed by atoms with Crippen LogP contribution in [0.15, 0.2) is 102 Å². The maximum atomic E-state index is 13.8. The molecule has 45 heavy (non-hydrogen) atoms. The summed E-state index contributed by atoms with van der Waals surface area (Å²) in [5.74, 6) is -0.258. The van der Waals surface area contributed by atoms with Crippen LogP contribution in [0.1, 0.15) is 35.3 Å². The van der Waals surface area contributed by atoms with Gasteiger partial charge in [0.25, 0.3) is 15.9 Å². The molecule has 0 radical (unpaired) electrons. The van der Waals surface area contributed by atoms with Gasteiger partial charge in [0.05, 0.1) is 28.8 Å². The van der Waals surface area contributed by atoms with Crippen molar-refractivity contribution in [3.63, 3.8) is 0 Å². The Morgan fingerprint density at radius 1 is 0.956 bits per heavy atom. The quantitative estimate of drug-likeness (QED) is 0.230. The Morgan fingerprint density at radius 2 is 1.62 bits per heavy atom. The second-order valence-corrected chi connectivity index (χ2v) is 13.7. The number of rotatable bonds is 10. The van der Waals surface area contributed by atoms with Gasteiger partial charge >= 0.3 is 0 Å². The molecule has 0 saturated carbocycles. The average molecular weight is 628 g/mol. The van der Waals surface area contributed by atoms with Gasteiger partial charge in [0.15, 0.2) is 5.75 Å². The third kappa shape index (κ3) is 7.56. The molecule has 0 saturated heterocycles. The molecule has 4 aromatic rings. The molecule has 2 N–H and O–H groups in total. The van der Waals surface area contributed by atoms with Gasteiger partial charge in [-0.2, -0.15) is 0 Å². The molecule has 3 atom stereocenters. The van der Waals surface area contributed by atoms with Crippen molar-refractivity contribution in [2.75, 3.05) is 31.5 Å². The number of carbonyl (C=O) groups excluding carboxylic acids is 1. The monoisotopic (exact) mass is 627 g/mol. The van der Waals surface area contributed by atoms with Gasteiger partial charge in [-0.05, 0) is 61.9 Å². The van der Waals surface area contributed by atoms with Crippen LogP contribution in [0.5, 0.6) is 5.75 Å². The Kier molecular flexibility index (Phi) is 9.92. The maximum absolute atomic E-state index is 13.8. The molecule has 0 aliphatic carbocycles. The van der Waals surface area contributed by atoms with Crippen LogP contribution in [-0.2, 0) is 16.6 Å². The third-order valence-electron chi connectivity index (χ3n) is 8.27. The van der Waals surface area contributed by atoms with Gasteiger partial charge in [0.1, 0.15) is 6.10 Å². The minimum absolute atomic E-state index is 0.112. The molecule has 0 bridgehead atoms. The van der Waals surface area contributed by atoms with Crippen molar-refractivity contribution in [2.24, 2.45) is 5.92 Å². The highest BCUT2D eigenvalue weighted by molar-refractivity contribution is 7.92. The van der Waals surface area contributed by atoms with Crippen LogP contribution in [0, 0.1) is 12.8 Å². The highest BCUT2D eigenvalue weighted by Crippen LogP contribution is 2.36. The number of benzene rings is 4. The maximum Gasteiger partial charge on any atom is 0.262 e. The van der Waals surface area contributed by atoms with Crippen LogP contribution >= 0.6 is 0 Å². The van der Waals surface area contributed by atoms with Crippen molar-refractivity contribution in [1.29, 1.82) is 0 Å². The predicted octanol–water partition coefficient (Wildman–Crippen LogP) is 5.81. The van der Waals surface area contributed by atoms with Gasteiger partial charge in [-0.1, -0.05) is 85.3 Å². The Bertz CT molecular complexity index is 1710. The summed E-state index contributed by atoms with van der Waals surface area (Å²) in [6.45, 7) is 7.09. The van der Waals surface area contributed by atoms with E-state index in [4.69, 9.17) is 4.74 Å². The van der Waals surface area contributed by atoms with Crippen LogP contribution < -0.4 is 9.46 Å². The molecule has 9 heteroatoms. The predicted molar refractivity (Wildman–Crippen MR) is 178 cm³/mol. The zero-order valence-electron chi connectivity index (χ0n) is 26.2. The van der Waals surface area contributed by atoms with Crippen LogP contribution in [0.3, 0.4) is 0 Å². The molecule has 1 heterocycles. The first-order valence-corrected chi connectivity index (χ1v) is 16.7. The van der Waals surface area contributed by atoms with E-state index in [2.05, 4.69) is 46.0 Å². The number of carbonyl (C=O) groups is 1. The van der Waals surface area contributed by atoms with Crippen LogP contribution in [0.2, 0.25) is 0 Å². The lowest BCUT2D eigenvalue weighted by Crippen LogP contribution is -2.49. The van der Waals surface area contributed by atoms with E-state index < -0.39 is 16.1 Å². The van der Waals surface area contributed by atoms with E-state index in [1.165, 1.54) is 0 Å². The minimum atomic E-state index is -3.96. The van der Waals surface area contributed by atoms with Crippen LogP contribution in [-0.4, -0.2) is 68.1 Å². The number of fused-ring (bicyclic) bond motifs is 1. The molecule has 0 spiro atoms. The molecule has 0 fully saturated rings. The van der Waals surface area contributed by atoms with E-state index in [1.807, 2.05) is 39.1 Å². The summed E-state index contributed by atoms with van der Waals surface area (Å²) in [6.07, 6.45) is -0.385. The highest BCUT2D eigenvalue weighted by Gasteiger charge is 2.35. The summed E-state index contributed by atoms with van der Waals surface area (Å²) in [7, 11) is -1.94. The number of nitrogens with zero attached hydrogens (tertiary/aromatic N) is 2. The summed E-state index contributed by atoms with van der Waals surface area (Å²) in [6, 6.07) is 29.8. The lowest BCUT2D eigenvalue weighted by atomic mass is 9.98. The van der Waals surface area contributed by atoms with Crippen molar-refractivity contribution in [3.8, 4) is 16.9 Å². The average Bonchev–Trinajstić information content (AvgIpc) is 3.03. The van der Waals surface area contributed by atoms with Gasteiger partial charge in [-0.25, -0.2) is 8.42 Å². The molecule has 1 aliphatic rings. The zero-order valence-corrected chi connectivity index (χ0v) is 27.0. The van der Waals surface area contributed by atoms with Crippen molar-refractivity contribution < 1.29 is 23.1 Å². The Morgan fingerprint density at radius 3 is 2.29 bits per heavy atom. The van der Waals surface area contributed by atoms with E-state index >= 15 is 0 Å². The van der Waals surface area contributed by atoms with E-state index in [1.54, 1.807) is 54.3 Å². The molecule has 4 aromatic carbocycles. The van der Waals surface area contributed by atoms with Crippen molar-refractivity contribution >= 4 is 21.6 Å². The molecule has 236 valence electrons. The first kappa shape index (κ1) is 32.2. The van der Waals surface area contributed by atoms with Gasteiger partial charge in [0.2, 0.25) is 0 Å². The molecule has 5 rings (SSSR count). The third-order valence-corrected chi connectivity index (χ3v) is 9.65. The van der Waals surface area contributed by atoms with Gasteiger partial charge < -0.3 is 14.7 Å². The summed E-state index contributed by atoms with van der Waals surface area (Å²) < 4.78 is 36.1. The summed E-state index contributed by atoms with van der Waals surface area (Å²) >= 11 is 0. The fourth-order valence-corrected chi connectivity index (χ4v) is 6.64. The van der Waals surface area contributed by atoms with E-state index in [-0.39, 0.29) is 46.4 Å². The first-order valence-electron chi connectivity index (χ1n) is 15.2. The summed E-state index contributed by atoms with van der Waals surface area (Å²) in [5.41, 5.74) is 4.84. The smallest absolute Gasteiger partial charge is 0.262 e. The number of aliphatic hydroxyl groups excluding tert-OH is 1. The van der Waals surface area contributed by atoms with Crippen molar-refractivity contribution in [1.82, 2.24) is 9.80 Å². The van der Waals surface area contributed by atoms with Crippen molar-refractivity contribution in [2.45, 2.75) is 44.4 Å². The van der Waals surface area contributed by atoms with Gasteiger partial charge in [-0.15, -0.1) is 0 Å². The number of hydrogen-bond donors (Lipinski definition) is 2. The van der Waals surface area contributed by atoms with E-state index in [0.717, 1.165) is 22.3 Å². The van der Waals surface area contributed by atoms with E-state index in [9.17, 15) is 18.3 Å². The molecular formula is C36H41N3O5S. The van der Waals surface area contributed by atoms with Crippen LogP contribution in [0.25, 0.3) is 11.1 Å². The molecular weight excluding hydrogens is 586 g/mol. The van der Waals surface area contributed by atoms with Gasteiger partial charge in [0, 0.05) is 25.6 Å². The Balaban J connectivity index is 1.42. The minimum Gasteiger partial charge on any atom is -0.486 e. The fourth-order valence-electron chi connectivity index (χ4n) is 5.58. The van der Waals surface area contributed by atoms with E-state index in [0.29, 0.717) is 19.6 Å². The number of likely N-dealkylation sites (N-methyl/N-ethyl adjacent to an activating group) is 1. The molecule has 0 unspecified atom stereocenters. The number of ether oxygens (including phenoxy) is 1. The summed E-state index contributed by atoms with van der Waals surface area (Å²) in [5, 5.41) is 10.00. The van der Waals surface area contributed by atoms with Crippen molar-refractivity contribution in [3.05, 3.63) is 114 Å². The zero-order chi connectivity index (χ0) is 32.1. The fraction of sp³-hybridized carbons (Fsp3) is 0.306. The first-order chi connectivity index (χ1) is 21.6. The molecule has 8 nitrogen and oxygen atoms in total. The molecule has 0 aromatic heterocycles. The number of amides is 1. The number of aliphatic hydroxyl groups is 1. The standard InChI is InChI=1S/C36H41N3O5S/c1-25-13-19-31(20-14-25)45(42,43)37-33-12-8-11-32-35(33)44-34(26(2)21-39(36(32)41)27(3)24-40)23-38(4)22-28-15-17-30(18-16-28)29-9-6-5-7-10-29/h5-20,26-27,34,37,40H,21-24H2,1-4H3/t26-,27+,34+/m1/s1. The number of anilines is 1. The Hall–Kier alpha value is -4.18. The van der Waals surface area contributed by atoms with Gasteiger partial charge in [-0.3, -0.25) is 14.4 Å². The number of para-hydroxylation sites is 1. The number of hydrogen-bond acceptors (Lipinski definition) is 6. The second-order valence-electron chi connectivity index (χ2n) is 12.0. The number of sulfonamides is 1.